The average molecular weight is 410 g/mol. The number of rotatable bonds is 5. The summed E-state index contributed by atoms with van der Waals surface area (Å²) >= 11 is 3.43. The van der Waals surface area contributed by atoms with Crippen molar-refractivity contribution in [2.75, 3.05) is 11.9 Å². The third kappa shape index (κ3) is 4.49. The van der Waals surface area contributed by atoms with E-state index in [1.165, 1.54) is 0 Å². The zero-order chi connectivity index (χ0) is 18.4. The summed E-state index contributed by atoms with van der Waals surface area (Å²) in [6, 6.07) is 16.4. The smallest absolute Gasteiger partial charge is 0.319 e. The molecule has 1 heterocycles. The van der Waals surface area contributed by atoms with Crippen molar-refractivity contribution >= 4 is 27.6 Å². The maximum atomic E-state index is 12.0. The lowest BCUT2D eigenvalue weighted by molar-refractivity contribution is 0.251. The monoisotopic (exact) mass is 409 g/mol. The van der Waals surface area contributed by atoms with Gasteiger partial charge in [0.25, 0.3) is 0 Å². The second-order valence-corrected chi connectivity index (χ2v) is 6.46. The van der Waals surface area contributed by atoms with Crippen LogP contribution in [-0.4, -0.2) is 22.1 Å². The number of benzene rings is 2. The molecule has 2 N–H and O–H groups in total. The van der Waals surface area contributed by atoms with Crippen molar-refractivity contribution in [1.82, 2.24) is 14.9 Å². The summed E-state index contributed by atoms with van der Waals surface area (Å²) in [5.41, 5.74) is 3.25. The Hall–Kier alpha value is -3.11. The number of urea groups is 1. The Balaban J connectivity index is 1.53. The topological polar surface area (TPSA) is 82.7 Å². The molecule has 0 saturated carbocycles. The molecule has 2 aromatic carbocycles. The third-order valence-electron chi connectivity index (χ3n) is 3.76. The Labute approximate surface area is 159 Å². The Kier molecular flexibility index (Phi) is 5.66. The normalized spacial score (nSPS) is 10.2. The largest absolute Gasteiger partial charge is 0.336 e. The maximum Gasteiger partial charge on any atom is 0.319 e. The molecule has 0 aliphatic heterocycles. The molecule has 0 unspecified atom stereocenters. The SMILES string of the molecule is N#Cc1ccc(NC(=O)NCCn2cncc2-c2ccc(Br)cc2)cc1. The van der Waals surface area contributed by atoms with Crippen LogP contribution in [0.4, 0.5) is 10.5 Å². The van der Waals surface area contributed by atoms with Gasteiger partial charge < -0.3 is 15.2 Å². The molecule has 6 nitrogen and oxygen atoms in total. The van der Waals surface area contributed by atoms with E-state index in [2.05, 4.69) is 31.5 Å². The lowest BCUT2D eigenvalue weighted by Crippen LogP contribution is -2.31. The number of aromatic nitrogens is 2. The lowest BCUT2D eigenvalue weighted by atomic mass is 10.2. The summed E-state index contributed by atoms with van der Waals surface area (Å²) in [4.78, 5) is 16.2. The van der Waals surface area contributed by atoms with E-state index in [4.69, 9.17) is 5.26 Å². The quantitative estimate of drug-likeness (QED) is 0.667. The number of nitrogens with zero attached hydrogens (tertiary/aromatic N) is 3. The van der Waals surface area contributed by atoms with Gasteiger partial charge in [0, 0.05) is 23.2 Å². The molecule has 0 spiro atoms. The summed E-state index contributed by atoms with van der Waals surface area (Å²) in [7, 11) is 0. The Morgan fingerprint density at radius 3 is 2.58 bits per heavy atom. The van der Waals surface area contributed by atoms with Gasteiger partial charge in [-0.1, -0.05) is 28.1 Å². The van der Waals surface area contributed by atoms with Crippen LogP contribution in [0.25, 0.3) is 11.3 Å². The van der Waals surface area contributed by atoms with Crippen molar-refractivity contribution in [2.24, 2.45) is 0 Å². The van der Waals surface area contributed by atoms with Crippen molar-refractivity contribution in [3.63, 3.8) is 0 Å². The molecule has 0 aliphatic carbocycles. The van der Waals surface area contributed by atoms with Gasteiger partial charge in [0.05, 0.1) is 29.9 Å². The second kappa shape index (κ2) is 8.32. The fraction of sp³-hybridized carbons (Fsp3) is 0.105. The van der Waals surface area contributed by atoms with E-state index in [0.29, 0.717) is 24.3 Å². The first-order chi connectivity index (χ1) is 12.7. The van der Waals surface area contributed by atoms with Crippen LogP contribution in [0.5, 0.6) is 0 Å². The zero-order valence-corrected chi connectivity index (χ0v) is 15.4. The minimum atomic E-state index is -0.292. The van der Waals surface area contributed by atoms with E-state index in [0.717, 1.165) is 15.7 Å². The van der Waals surface area contributed by atoms with E-state index < -0.39 is 0 Å². The minimum absolute atomic E-state index is 0.292. The first-order valence-electron chi connectivity index (χ1n) is 7.97. The van der Waals surface area contributed by atoms with Crippen LogP contribution >= 0.6 is 15.9 Å². The third-order valence-corrected chi connectivity index (χ3v) is 4.29. The molecule has 0 radical (unpaired) electrons. The fourth-order valence-electron chi connectivity index (χ4n) is 2.45. The number of imidazole rings is 1. The summed E-state index contributed by atoms with van der Waals surface area (Å²) < 4.78 is 3.01. The summed E-state index contributed by atoms with van der Waals surface area (Å²) in [6.07, 6.45) is 3.55. The van der Waals surface area contributed by atoms with E-state index >= 15 is 0 Å². The van der Waals surface area contributed by atoms with Crippen molar-refractivity contribution in [2.45, 2.75) is 6.54 Å². The van der Waals surface area contributed by atoms with E-state index in [1.54, 1.807) is 36.8 Å². The molecular weight excluding hydrogens is 394 g/mol. The Morgan fingerprint density at radius 2 is 1.88 bits per heavy atom. The molecule has 1 aromatic heterocycles. The van der Waals surface area contributed by atoms with Gasteiger partial charge in [-0.15, -0.1) is 0 Å². The molecule has 7 heteroatoms. The van der Waals surface area contributed by atoms with Crippen LogP contribution in [0, 0.1) is 11.3 Å². The van der Waals surface area contributed by atoms with Crippen molar-refractivity contribution < 1.29 is 4.79 Å². The molecule has 3 rings (SSSR count). The number of nitrogens with one attached hydrogen (secondary N) is 2. The van der Waals surface area contributed by atoms with Gasteiger partial charge in [-0.3, -0.25) is 0 Å². The van der Waals surface area contributed by atoms with Gasteiger partial charge in [0.15, 0.2) is 0 Å². The second-order valence-electron chi connectivity index (χ2n) is 5.55. The summed E-state index contributed by atoms with van der Waals surface area (Å²) in [5.74, 6) is 0. The first kappa shape index (κ1) is 17.7. The van der Waals surface area contributed by atoms with Crippen molar-refractivity contribution in [1.29, 1.82) is 5.26 Å². The molecule has 0 atom stereocenters. The number of nitriles is 1. The molecule has 26 heavy (non-hydrogen) atoms. The van der Waals surface area contributed by atoms with Gasteiger partial charge in [-0.2, -0.15) is 5.26 Å². The first-order valence-corrected chi connectivity index (χ1v) is 8.76. The number of carbonyl (C=O) groups is 1. The predicted molar refractivity (Wildman–Crippen MR) is 104 cm³/mol. The van der Waals surface area contributed by atoms with Crippen LogP contribution in [0.2, 0.25) is 0 Å². The minimum Gasteiger partial charge on any atom is -0.336 e. The molecule has 0 bridgehead atoms. The number of hydrogen-bond acceptors (Lipinski definition) is 3. The predicted octanol–water partition coefficient (Wildman–Crippen LogP) is 4.01. The molecule has 0 saturated heterocycles. The highest BCUT2D eigenvalue weighted by Crippen LogP contribution is 2.21. The summed E-state index contributed by atoms with van der Waals surface area (Å²) in [6.45, 7) is 1.06. The maximum absolute atomic E-state index is 12.0. The van der Waals surface area contributed by atoms with Gasteiger partial charge in [0.2, 0.25) is 0 Å². The average Bonchev–Trinajstić information content (AvgIpc) is 3.11. The van der Waals surface area contributed by atoms with Crippen LogP contribution in [0.1, 0.15) is 5.56 Å². The Morgan fingerprint density at radius 1 is 1.15 bits per heavy atom. The fourth-order valence-corrected chi connectivity index (χ4v) is 2.72. The van der Waals surface area contributed by atoms with Gasteiger partial charge >= 0.3 is 6.03 Å². The highest BCUT2D eigenvalue weighted by molar-refractivity contribution is 9.10. The van der Waals surface area contributed by atoms with Crippen molar-refractivity contribution in [3.05, 3.63) is 71.1 Å². The molecule has 0 fully saturated rings. The molecule has 0 aliphatic rings. The highest BCUT2D eigenvalue weighted by Gasteiger charge is 2.06. The van der Waals surface area contributed by atoms with Crippen LogP contribution < -0.4 is 10.6 Å². The molecule has 2 amide bonds. The van der Waals surface area contributed by atoms with Gasteiger partial charge in [-0.05, 0) is 42.0 Å². The van der Waals surface area contributed by atoms with Crippen LogP contribution in [0.3, 0.4) is 0 Å². The number of halogens is 1. The number of anilines is 1. The molecule has 130 valence electrons. The number of hydrogen-bond donors (Lipinski definition) is 2. The summed E-state index contributed by atoms with van der Waals surface area (Å²) in [5, 5.41) is 14.3. The zero-order valence-electron chi connectivity index (χ0n) is 13.8. The van der Waals surface area contributed by atoms with E-state index in [9.17, 15) is 4.79 Å². The number of carbonyl (C=O) groups excluding carboxylic acids is 1. The number of amides is 2. The van der Waals surface area contributed by atoms with Gasteiger partial charge in [0.1, 0.15) is 0 Å². The molecular formula is C19H16BrN5O. The molecule has 3 aromatic rings. The Bertz CT molecular complexity index is 926. The standard InChI is InChI=1S/C19H16BrN5O/c20-16-5-3-15(4-6-16)18-12-22-13-25(18)10-9-23-19(26)24-17-7-1-14(11-21)2-8-17/h1-8,12-13H,9-10H2,(H2,23,24,26). The highest BCUT2D eigenvalue weighted by atomic mass is 79.9. The van der Waals surface area contributed by atoms with E-state index in [-0.39, 0.29) is 6.03 Å². The lowest BCUT2D eigenvalue weighted by Gasteiger charge is -2.10. The van der Waals surface area contributed by atoms with Crippen LogP contribution in [-0.2, 0) is 6.54 Å². The van der Waals surface area contributed by atoms with Gasteiger partial charge in [-0.25, -0.2) is 9.78 Å². The van der Waals surface area contributed by atoms with E-state index in [1.807, 2.05) is 34.9 Å². The van der Waals surface area contributed by atoms with Crippen molar-refractivity contribution in [3.8, 4) is 17.3 Å². The van der Waals surface area contributed by atoms with Crippen LogP contribution in [0.15, 0.2) is 65.5 Å².